The van der Waals surface area contributed by atoms with Gasteiger partial charge in [0.05, 0.1) is 7.11 Å². The summed E-state index contributed by atoms with van der Waals surface area (Å²) in [4.78, 5) is 2.32. The summed E-state index contributed by atoms with van der Waals surface area (Å²) in [6.07, 6.45) is 2.57. The molecule has 1 atom stereocenters. The number of methoxy groups -OCH3 is 1. The second kappa shape index (κ2) is 4.34. The summed E-state index contributed by atoms with van der Waals surface area (Å²) in [7, 11) is 3.83. The largest absolute Gasteiger partial charge is 0.496 e. The van der Waals surface area contributed by atoms with Crippen molar-refractivity contribution in [2.45, 2.75) is 31.8 Å². The molecule has 1 saturated carbocycles. The van der Waals surface area contributed by atoms with Crippen LogP contribution in [0.3, 0.4) is 0 Å². The van der Waals surface area contributed by atoms with Gasteiger partial charge in [-0.15, -0.1) is 0 Å². The van der Waals surface area contributed by atoms with Gasteiger partial charge in [0.1, 0.15) is 5.75 Å². The van der Waals surface area contributed by atoms with Crippen LogP contribution in [0.1, 0.15) is 31.4 Å². The minimum absolute atomic E-state index is 0.00708. The van der Waals surface area contributed by atoms with Crippen LogP contribution >= 0.6 is 0 Å². The first-order chi connectivity index (χ1) is 7.65. The molecule has 3 nitrogen and oxygen atoms in total. The van der Waals surface area contributed by atoms with Crippen molar-refractivity contribution >= 4 is 5.69 Å². The molecule has 0 aromatic heterocycles. The van der Waals surface area contributed by atoms with E-state index in [1.807, 2.05) is 19.1 Å². The number of hydrogen-bond donors (Lipinski definition) is 1. The van der Waals surface area contributed by atoms with E-state index < -0.39 is 0 Å². The fraction of sp³-hybridized carbons (Fsp3) is 0.538. The monoisotopic (exact) mass is 220 g/mol. The van der Waals surface area contributed by atoms with Crippen LogP contribution in [-0.4, -0.2) is 20.2 Å². The molecule has 1 aromatic carbocycles. The van der Waals surface area contributed by atoms with Gasteiger partial charge in [0.25, 0.3) is 0 Å². The van der Waals surface area contributed by atoms with Gasteiger partial charge in [0, 0.05) is 30.4 Å². The Morgan fingerprint density at radius 2 is 2.12 bits per heavy atom. The van der Waals surface area contributed by atoms with Crippen LogP contribution in [0.4, 0.5) is 5.69 Å². The molecule has 2 N–H and O–H groups in total. The van der Waals surface area contributed by atoms with E-state index >= 15 is 0 Å². The Labute approximate surface area is 97.2 Å². The second-order valence-corrected chi connectivity index (χ2v) is 4.52. The smallest absolute Gasteiger partial charge is 0.125 e. The van der Waals surface area contributed by atoms with Crippen molar-refractivity contribution in [3.8, 4) is 5.75 Å². The van der Waals surface area contributed by atoms with E-state index in [0.29, 0.717) is 6.04 Å². The van der Waals surface area contributed by atoms with Gasteiger partial charge in [-0.05, 0) is 31.9 Å². The van der Waals surface area contributed by atoms with Crippen molar-refractivity contribution in [2.24, 2.45) is 5.73 Å². The first-order valence-corrected chi connectivity index (χ1v) is 5.80. The van der Waals surface area contributed by atoms with E-state index in [9.17, 15) is 0 Å². The molecule has 3 heteroatoms. The maximum atomic E-state index is 6.04. The molecule has 0 saturated heterocycles. The second-order valence-electron chi connectivity index (χ2n) is 4.52. The number of benzene rings is 1. The summed E-state index contributed by atoms with van der Waals surface area (Å²) in [6.45, 7) is 2.00. The predicted molar refractivity (Wildman–Crippen MR) is 67.0 cm³/mol. The lowest BCUT2D eigenvalue weighted by atomic mass is 10.0. The summed E-state index contributed by atoms with van der Waals surface area (Å²) in [5.74, 6) is 0.889. The molecule has 2 rings (SSSR count). The summed E-state index contributed by atoms with van der Waals surface area (Å²) >= 11 is 0. The summed E-state index contributed by atoms with van der Waals surface area (Å²) < 4.78 is 5.39. The van der Waals surface area contributed by atoms with Crippen molar-refractivity contribution in [3.05, 3.63) is 23.8 Å². The molecule has 0 aliphatic heterocycles. The van der Waals surface area contributed by atoms with Crippen LogP contribution in [0.5, 0.6) is 5.75 Å². The molecule has 0 bridgehead atoms. The van der Waals surface area contributed by atoms with Gasteiger partial charge in [-0.2, -0.15) is 0 Å². The minimum Gasteiger partial charge on any atom is -0.496 e. The lowest BCUT2D eigenvalue weighted by molar-refractivity contribution is 0.407. The molecule has 0 amide bonds. The number of rotatable bonds is 4. The Hall–Kier alpha value is -1.22. The van der Waals surface area contributed by atoms with Crippen molar-refractivity contribution in [3.63, 3.8) is 0 Å². The van der Waals surface area contributed by atoms with E-state index in [-0.39, 0.29) is 6.04 Å². The summed E-state index contributed by atoms with van der Waals surface area (Å²) in [5, 5.41) is 0. The minimum atomic E-state index is -0.00708. The maximum absolute atomic E-state index is 6.04. The zero-order chi connectivity index (χ0) is 11.7. The molecule has 1 fully saturated rings. The Balaban J connectivity index is 2.41. The van der Waals surface area contributed by atoms with Gasteiger partial charge in [0.15, 0.2) is 0 Å². The van der Waals surface area contributed by atoms with Gasteiger partial charge in [-0.1, -0.05) is 6.07 Å². The lowest BCUT2D eigenvalue weighted by Gasteiger charge is -2.25. The molecule has 0 spiro atoms. The third-order valence-electron chi connectivity index (χ3n) is 3.19. The van der Waals surface area contributed by atoms with Crippen molar-refractivity contribution in [1.82, 2.24) is 0 Å². The number of ether oxygens (including phenoxy) is 1. The van der Waals surface area contributed by atoms with Gasteiger partial charge < -0.3 is 15.4 Å². The average Bonchev–Trinajstić information content (AvgIpc) is 3.10. The number of nitrogens with zero attached hydrogens (tertiary/aromatic N) is 1. The summed E-state index contributed by atoms with van der Waals surface area (Å²) in [5.41, 5.74) is 8.36. The standard InChI is InChI=1S/C13H20N2O/c1-9(14)13-11(15(2)10-7-8-10)5-4-6-12(13)16-3/h4-6,9-10H,7-8,14H2,1-3H3/t9-/m0/s1. The van der Waals surface area contributed by atoms with E-state index in [1.54, 1.807) is 7.11 Å². The zero-order valence-corrected chi connectivity index (χ0v) is 10.2. The van der Waals surface area contributed by atoms with E-state index in [0.717, 1.165) is 11.3 Å². The molecular formula is C13H20N2O. The first-order valence-electron chi connectivity index (χ1n) is 5.80. The van der Waals surface area contributed by atoms with Crippen molar-refractivity contribution < 1.29 is 4.74 Å². The van der Waals surface area contributed by atoms with Gasteiger partial charge in [-0.25, -0.2) is 0 Å². The van der Waals surface area contributed by atoms with Crippen LogP contribution in [0.25, 0.3) is 0 Å². The molecule has 0 heterocycles. The number of hydrogen-bond acceptors (Lipinski definition) is 3. The zero-order valence-electron chi connectivity index (χ0n) is 10.2. The number of anilines is 1. The Bertz CT molecular complexity index is 372. The van der Waals surface area contributed by atoms with Crippen molar-refractivity contribution in [2.75, 3.05) is 19.1 Å². The maximum Gasteiger partial charge on any atom is 0.125 e. The third-order valence-corrected chi connectivity index (χ3v) is 3.19. The molecule has 1 aromatic rings. The van der Waals surface area contributed by atoms with Crippen LogP contribution in [0.15, 0.2) is 18.2 Å². The lowest BCUT2D eigenvalue weighted by Crippen LogP contribution is -2.23. The normalized spacial score (nSPS) is 17.0. The topological polar surface area (TPSA) is 38.5 Å². The Morgan fingerprint density at radius 3 is 2.62 bits per heavy atom. The highest BCUT2D eigenvalue weighted by Gasteiger charge is 2.28. The quantitative estimate of drug-likeness (QED) is 0.846. The van der Waals surface area contributed by atoms with Gasteiger partial charge >= 0.3 is 0 Å². The fourth-order valence-electron chi connectivity index (χ4n) is 2.13. The molecular weight excluding hydrogens is 200 g/mol. The summed E-state index contributed by atoms with van der Waals surface area (Å²) in [6, 6.07) is 6.80. The third kappa shape index (κ3) is 2.00. The van der Waals surface area contributed by atoms with Gasteiger partial charge in [-0.3, -0.25) is 0 Å². The van der Waals surface area contributed by atoms with Crippen molar-refractivity contribution in [1.29, 1.82) is 0 Å². The molecule has 0 radical (unpaired) electrons. The fourth-order valence-corrected chi connectivity index (χ4v) is 2.13. The number of nitrogens with two attached hydrogens (primary N) is 1. The molecule has 88 valence electrons. The highest BCUT2D eigenvalue weighted by atomic mass is 16.5. The average molecular weight is 220 g/mol. The molecule has 0 unspecified atom stereocenters. The predicted octanol–water partition coefficient (Wildman–Crippen LogP) is 2.31. The Morgan fingerprint density at radius 1 is 1.44 bits per heavy atom. The SMILES string of the molecule is COc1cccc(N(C)C2CC2)c1[C@H](C)N. The van der Waals surface area contributed by atoms with E-state index in [2.05, 4.69) is 18.0 Å². The molecule has 1 aliphatic carbocycles. The van der Waals surface area contributed by atoms with Crippen LogP contribution in [-0.2, 0) is 0 Å². The van der Waals surface area contributed by atoms with E-state index in [4.69, 9.17) is 10.5 Å². The molecule has 1 aliphatic rings. The first kappa shape index (κ1) is 11.3. The highest BCUT2D eigenvalue weighted by molar-refractivity contribution is 5.61. The van der Waals surface area contributed by atoms with E-state index in [1.165, 1.54) is 18.5 Å². The molecule has 16 heavy (non-hydrogen) atoms. The van der Waals surface area contributed by atoms with Crippen LogP contribution in [0.2, 0.25) is 0 Å². The van der Waals surface area contributed by atoms with Crippen LogP contribution < -0.4 is 15.4 Å². The van der Waals surface area contributed by atoms with Crippen LogP contribution in [0, 0.1) is 0 Å². The van der Waals surface area contributed by atoms with Gasteiger partial charge in [0.2, 0.25) is 0 Å². The highest BCUT2D eigenvalue weighted by Crippen LogP contribution is 2.38. The Kier molecular flexibility index (Phi) is 3.06.